The molecule has 1 saturated carbocycles. The second kappa shape index (κ2) is 6.98. The first-order chi connectivity index (χ1) is 10.7. The number of fused-ring (bicyclic) bond motifs is 1. The first-order valence-electron chi connectivity index (χ1n) is 8.91. The van der Waals surface area contributed by atoms with E-state index in [-0.39, 0.29) is 16.9 Å². The molecule has 2 rings (SSSR count). The largest absolute Gasteiger partial charge is 0.379 e. The normalized spacial score (nSPS) is 31.3. The van der Waals surface area contributed by atoms with E-state index in [0.717, 1.165) is 25.5 Å². The molecular weight excluding hydrogens is 290 g/mol. The minimum atomic E-state index is 0.0791. The number of ether oxygens (including phenoxy) is 2. The van der Waals surface area contributed by atoms with Crippen LogP contribution in [0.25, 0.3) is 0 Å². The molecule has 2 aliphatic rings. The van der Waals surface area contributed by atoms with Crippen LogP contribution in [0.15, 0.2) is 4.99 Å². The topological polar surface area (TPSA) is 54.9 Å². The number of rotatable bonds is 5. The number of hydrogen-bond donors (Lipinski definition) is 2. The average Bonchev–Trinajstić information content (AvgIpc) is 2.90. The quantitative estimate of drug-likeness (QED) is 0.602. The lowest BCUT2D eigenvalue weighted by molar-refractivity contribution is -0.106. The van der Waals surface area contributed by atoms with E-state index in [1.54, 1.807) is 7.11 Å². The first-order valence-corrected chi connectivity index (χ1v) is 8.91. The van der Waals surface area contributed by atoms with Crippen LogP contribution in [0.2, 0.25) is 0 Å². The number of aliphatic imine (C=N–C) groups is 1. The predicted molar refractivity (Wildman–Crippen MR) is 94.8 cm³/mol. The van der Waals surface area contributed by atoms with Gasteiger partial charge in [0.05, 0.1) is 18.8 Å². The minimum Gasteiger partial charge on any atom is -0.379 e. The second-order valence-corrected chi connectivity index (χ2v) is 8.50. The molecule has 2 fully saturated rings. The molecule has 2 N–H and O–H groups in total. The van der Waals surface area contributed by atoms with E-state index in [2.05, 4.69) is 52.2 Å². The van der Waals surface area contributed by atoms with Gasteiger partial charge in [-0.2, -0.15) is 0 Å². The van der Waals surface area contributed by atoms with Crippen molar-refractivity contribution in [1.82, 2.24) is 10.6 Å². The van der Waals surface area contributed by atoms with E-state index in [1.165, 1.54) is 0 Å². The van der Waals surface area contributed by atoms with Gasteiger partial charge in [-0.05, 0) is 18.8 Å². The molecule has 0 aromatic carbocycles. The first kappa shape index (κ1) is 18.5. The standard InChI is InChI=1S/C18H35N3O2/c1-8-19-16(20-11-13(22-7)17(2,3)4)21-14-12-9-10-23-15(12)18(14,5)6/h12-15H,8-11H2,1-7H3,(H2,19,20,21). The van der Waals surface area contributed by atoms with Crippen LogP contribution in [-0.2, 0) is 9.47 Å². The molecule has 0 radical (unpaired) electrons. The Morgan fingerprint density at radius 3 is 2.65 bits per heavy atom. The van der Waals surface area contributed by atoms with Gasteiger partial charge < -0.3 is 20.1 Å². The molecule has 1 aliphatic carbocycles. The maximum absolute atomic E-state index is 5.88. The highest BCUT2D eigenvalue weighted by molar-refractivity contribution is 5.80. The number of methoxy groups -OCH3 is 1. The Morgan fingerprint density at radius 2 is 2.09 bits per heavy atom. The van der Waals surface area contributed by atoms with Crippen LogP contribution in [-0.4, -0.2) is 51.0 Å². The maximum atomic E-state index is 5.88. The maximum Gasteiger partial charge on any atom is 0.191 e. The fraction of sp³-hybridized carbons (Fsp3) is 0.944. The van der Waals surface area contributed by atoms with Crippen LogP contribution in [0.5, 0.6) is 0 Å². The van der Waals surface area contributed by atoms with Crippen molar-refractivity contribution in [3.05, 3.63) is 0 Å². The molecule has 4 atom stereocenters. The zero-order valence-corrected chi connectivity index (χ0v) is 15.9. The van der Waals surface area contributed by atoms with Gasteiger partial charge in [-0.1, -0.05) is 34.6 Å². The van der Waals surface area contributed by atoms with Crippen LogP contribution < -0.4 is 10.6 Å². The summed E-state index contributed by atoms with van der Waals surface area (Å²) < 4.78 is 11.5. The van der Waals surface area contributed by atoms with Gasteiger partial charge in [-0.3, -0.25) is 4.99 Å². The van der Waals surface area contributed by atoms with Gasteiger partial charge in [0.2, 0.25) is 0 Å². The van der Waals surface area contributed by atoms with Gasteiger partial charge in [0, 0.05) is 37.6 Å². The van der Waals surface area contributed by atoms with Gasteiger partial charge in [0.25, 0.3) is 0 Å². The molecule has 0 spiro atoms. The van der Waals surface area contributed by atoms with E-state index in [9.17, 15) is 0 Å². The van der Waals surface area contributed by atoms with E-state index < -0.39 is 0 Å². The van der Waals surface area contributed by atoms with Crippen molar-refractivity contribution < 1.29 is 9.47 Å². The van der Waals surface area contributed by atoms with Gasteiger partial charge >= 0.3 is 0 Å². The van der Waals surface area contributed by atoms with Crippen LogP contribution in [0.1, 0.15) is 48.0 Å². The van der Waals surface area contributed by atoms with Crippen molar-refractivity contribution >= 4 is 5.96 Å². The van der Waals surface area contributed by atoms with Crippen LogP contribution >= 0.6 is 0 Å². The van der Waals surface area contributed by atoms with Crippen molar-refractivity contribution in [3.63, 3.8) is 0 Å². The Bertz CT molecular complexity index is 428. The number of hydrogen-bond acceptors (Lipinski definition) is 3. The third kappa shape index (κ3) is 3.82. The number of nitrogens with one attached hydrogen (secondary N) is 2. The van der Waals surface area contributed by atoms with Gasteiger partial charge in [0.1, 0.15) is 0 Å². The Balaban J connectivity index is 2.02. The number of guanidine groups is 1. The molecule has 1 aliphatic heterocycles. The van der Waals surface area contributed by atoms with Crippen LogP contribution in [0.3, 0.4) is 0 Å². The Hall–Kier alpha value is -0.810. The summed E-state index contributed by atoms with van der Waals surface area (Å²) in [5.74, 6) is 1.50. The van der Waals surface area contributed by atoms with Crippen molar-refractivity contribution in [1.29, 1.82) is 0 Å². The summed E-state index contributed by atoms with van der Waals surface area (Å²) in [5, 5.41) is 7.02. The summed E-state index contributed by atoms with van der Waals surface area (Å²) >= 11 is 0. The zero-order valence-electron chi connectivity index (χ0n) is 15.9. The molecule has 5 heteroatoms. The molecule has 0 aromatic rings. The highest BCUT2D eigenvalue weighted by Crippen LogP contribution is 2.52. The Labute approximate surface area is 141 Å². The highest BCUT2D eigenvalue weighted by atomic mass is 16.5. The smallest absolute Gasteiger partial charge is 0.191 e. The lowest BCUT2D eigenvalue weighted by Crippen LogP contribution is -2.68. The summed E-state index contributed by atoms with van der Waals surface area (Å²) in [6.07, 6.45) is 1.65. The van der Waals surface area contributed by atoms with Gasteiger partial charge in [-0.15, -0.1) is 0 Å². The second-order valence-electron chi connectivity index (χ2n) is 8.50. The van der Waals surface area contributed by atoms with Crippen LogP contribution in [0.4, 0.5) is 0 Å². The van der Waals surface area contributed by atoms with E-state index in [0.29, 0.717) is 24.6 Å². The lowest BCUT2D eigenvalue weighted by Gasteiger charge is -2.55. The minimum absolute atomic E-state index is 0.0791. The molecule has 1 saturated heterocycles. The molecule has 134 valence electrons. The van der Waals surface area contributed by atoms with E-state index >= 15 is 0 Å². The summed E-state index contributed by atoms with van der Waals surface area (Å²) in [6, 6.07) is 0.420. The van der Waals surface area contributed by atoms with Crippen LogP contribution in [0, 0.1) is 16.7 Å². The molecule has 4 unspecified atom stereocenters. The Morgan fingerprint density at radius 1 is 1.39 bits per heavy atom. The molecule has 23 heavy (non-hydrogen) atoms. The van der Waals surface area contributed by atoms with Crippen molar-refractivity contribution in [3.8, 4) is 0 Å². The van der Waals surface area contributed by atoms with Crippen molar-refractivity contribution in [2.45, 2.75) is 66.2 Å². The van der Waals surface area contributed by atoms with Crippen molar-refractivity contribution in [2.24, 2.45) is 21.7 Å². The SMILES string of the molecule is CCNC(=NCC(OC)C(C)(C)C)NC1C2CCOC2C1(C)C. The molecule has 1 heterocycles. The molecule has 0 bridgehead atoms. The third-order valence-electron chi connectivity index (χ3n) is 5.40. The van der Waals surface area contributed by atoms with Crippen molar-refractivity contribution in [2.75, 3.05) is 26.8 Å². The molecule has 0 aromatic heterocycles. The predicted octanol–water partition coefficient (Wildman–Crippen LogP) is 2.42. The fourth-order valence-electron chi connectivity index (χ4n) is 3.96. The lowest BCUT2D eigenvalue weighted by atomic mass is 9.57. The number of nitrogens with zero attached hydrogens (tertiary/aromatic N) is 1. The Kier molecular flexibility index (Phi) is 5.62. The molecule has 0 amide bonds. The summed E-state index contributed by atoms with van der Waals surface area (Å²) in [4.78, 5) is 4.78. The van der Waals surface area contributed by atoms with Gasteiger partial charge in [0.15, 0.2) is 5.96 Å². The molecular formula is C18H35N3O2. The average molecular weight is 325 g/mol. The zero-order chi connectivity index (χ0) is 17.3. The summed E-state index contributed by atoms with van der Waals surface area (Å²) in [5.41, 5.74) is 0.234. The molecule has 5 nitrogen and oxygen atoms in total. The summed E-state index contributed by atoms with van der Waals surface area (Å²) in [7, 11) is 1.77. The fourth-order valence-corrected chi connectivity index (χ4v) is 3.96. The van der Waals surface area contributed by atoms with Gasteiger partial charge in [-0.25, -0.2) is 0 Å². The van der Waals surface area contributed by atoms with E-state index in [1.807, 2.05) is 0 Å². The highest BCUT2D eigenvalue weighted by Gasteiger charge is 2.59. The monoisotopic (exact) mass is 325 g/mol. The third-order valence-corrected chi connectivity index (χ3v) is 5.40. The van der Waals surface area contributed by atoms with E-state index in [4.69, 9.17) is 14.5 Å². The summed E-state index contributed by atoms with van der Waals surface area (Å²) in [6.45, 7) is 15.6.